The first-order valence-electron chi connectivity index (χ1n) is 12.0. The molecule has 9 heteroatoms. The average Bonchev–Trinajstić information content (AvgIpc) is 3.00. The van der Waals surface area contributed by atoms with Crippen molar-refractivity contribution in [1.82, 2.24) is 14.7 Å². The minimum absolute atomic E-state index is 0.0968. The van der Waals surface area contributed by atoms with E-state index in [2.05, 4.69) is 4.90 Å². The molecule has 1 aromatic rings. The van der Waals surface area contributed by atoms with Gasteiger partial charge in [-0.05, 0) is 56.1 Å². The number of unbranched alkanes of at least 4 members (excludes halogenated alkanes) is 1. The van der Waals surface area contributed by atoms with Crippen LogP contribution in [0.4, 0.5) is 0 Å². The number of hydrogen-bond acceptors (Lipinski definition) is 5. The van der Waals surface area contributed by atoms with Gasteiger partial charge >= 0.3 is 0 Å². The Balaban J connectivity index is 1.39. The number of methoxy groups -OCH3 is 1. The van der Waals surface area contributed by atoms with Crippen LogP contribution in [0.15, 0.2) is 24.3 Å². The van der Waals surface area contributed by atoms with Gasteiger partial charge < -0.3 is 24.5 Å². The fourth-order valence-corrected chi connectivity index (χ4v) is 4.81. The van der Waals surface area contributed by atoms with Crippen molar-refractivity contribution in [3.8, 4) is 0 Å². The first kappa shape index (κ1) is 27.0. The fraction of sp³-hybridized carbons (Fsp3) is 0.600. The average molecular weight is 512 g/mol. The maximum atomic E-state index is 12.6. The highest BCUT2D eigenvalue weighted by atomic mass is 35.5. The Morgan fingerprint density at radius 2 is 1.94 bits per heavy atom. The number of aliphatic hydroxyl groups is 1. The number of halogens is 2. The molecule has 0 radical (unpaired) electrons. The summed E-state index contributed by atoms with van der Waals surface area (Å²) in [6.45, 7) is 5.38. The van der Waals surface area contributed by atoms with E-state index in [9.17, 15) is 14.7 Å². The zero-order valence-electron chi connectivity index (χ0n) is 19.8. The SMILES string of the molecule is COC[C@H]1CCN(CCCCN2CCN(C(=O)/C=C/c3ccc(Cl)c(Cl)c3)CCC2=O)C[C@H]1O. The number of amides is 2. The van der Waals surface area contributed by atoms with Gasteiger partial charge in [0, 0.05) is 58.2 Å². The van der Waals surface area contributed by atoms with Crippen LogP contribution in [0, 0.1) is 5.92 Å². The molecule has 2 atom stereocenters. The van der Waals surface area contributed by atoms with E-state index < -0.39 is 0 Å². The highest BCUT2D eigenvalue weighted by Gasteiger charge is 2.27. The lowest BCUT2D eigenvalue weighted by molar-refractivity contribution is -0.130. The summed E-state index contributed by atoms with van der Waals surface area (Å²) in [5.74, 6) is 0.205. The van der Waals surface area contributed by atoms with E-state index in [1.807, 2.05) is 4.90 Å². The van der Waals surface area contributed by atoms with Gasteiger partial charge in [0.1, 0.15) is 0 Å². The lowest BCUT2D eigenvalue weighted by Crippen LogP contribution is -2.45. The van der Waals surface area contributed by atoms with Crippen molar-refractivity contribution in [2.75, 3.05) is 59.5 Å². The molecule has 2 amide bonds. The molecule has 2 aliphatic heterocycles. The van der Waals surface area contributed by atoms with Gasteiger partial charge in [-0.3, -0.25) is 9.59 Å². The molecule has 2 aliphatic rings. The van der Waals surface area contributed by atoms with Crippen LogP contribution in [0.25, 0.3) is 6.08 Å². The Bertz CT molecular complexity index is 867. The number of likely N-dealkylation sites (tertiary alicyclic amines) is 1. The molecule has 188 valence electrons. The third kappa shape index (κ3) is 7.95. The Kier molecular flexibility index (Phi) is 10.7. The number of benzene rings is 1. The summed E-state index contributed by atoms with van der Waals surface area (Å²) in [6.07, 6.45) is 6.06. The number of carbonyl (C=O) groups excluding carboxylic acids is 2. The van der Waals surface area contributed by atoms with E-state index in [-0.39, 0.29) is 23.8 Å². The van der Waals surface area contributed by atoms with Gasteiger partial charge in [0.15, 0.2) is 0 Å². The second-order valence-electron chi connectivity index (χ2n) is 9.04. The van der Waals surface area contributed by atoms with Crippen LogP contribution in [0.5, 0.6) is 0 Å². The smallest absolute Gasteiger partial charge is 0.246 e. The van der Waals surface area contributed by atoms with Crippen molar-refractivity contribution in [3.05, 3.63) is 39.9 Å². The summed E-state index contributed by atoms with van der Waals surface area (Å²) in [6, 6.07) is 5.21. The molecule has 0 unspecified atom stereocenters. The van der Waals surface area contributed by atoms with E-state index in [1.165, 1.54) is 6.08 Å². The molecule has 0 aliphatic carbocycles. The zero-order chi connectivity index (χ0) is 24.5. The molecule has 7 nitrogen and oxygen atoms in total. The van der Waals surface area contributed by atoms with Gasteiger partial charge in [-0.15, -0.1) is 0 Å². The number of carbonyl (C=O) groups is 2. The molecule has 2 saturated heterocycles. The van der Waals surface area contributed by atoms with Crippen LogP contribution in [0.2, 0.25) is 10.0 Å². The molecular weight excluding hydrogens is 477 g/mol. The number of β-amino-alcohol motifs (C(OH)–C–C–N with tert-alkyl or cyclic N) is 1. The van der Waals surface area contributed by atoms with E-state index in [1.54, 1.807) is 36.3 Å². The van der Waals surface area contributed by atoms with Crippen molar-refractivity contribution in [1.29, 1.82) is 0 Å². The Labute approximate surface area is 212 Å². The maximum absolute atomic E-state index is 12.6. The molecule has 0 saturated carbocycles. The normalized spacial score (nSPS) is 22.4. The predicted octanol–water partition coefficient (Wildman–Crippen LogP) is 3.18. The summed E-state index contributed by atoms with van der Waals surface area (Å²) in [4.78, 5) is 31.1. The lowest BCUT2D eigenvalue weighted by Gasteiger charge is -2.35. The first-order valence-corrected chi connectivity index (χ1v) is 12.7. The van der Waals surface area contributed by atoms with Crippen LogP contribution in [0.3, 0.4) is 0 Å². The van der Waals surface area contributed by atoms with Gasteiger partial charge in [-0.25, -0.2) is 0 Å². The van der Waals surface area contributed by atoms with Crippen LogP contribution < -0.4 is 0 Å². The highest BCUT2D eigenvalue weighted by molar-refractivity contribution is 6.42. The molecular formula is C25H35Cl2N3O4. The predicted molar refractivity (Wildman–Crippen MR) is 135 cm³/mol. The van der Waals surface area contributed by atoms with Crippen LogP contribution >= 0.6 is 23.2 Å². The number of ether oxygens (including phenoxy) is 1. The number of hydrogen-bond donors (Lipinski definition) is 1. The summed E-state index contributed by atoms with van der Waals surface area (Å²) in [5.41, 5.74) is 0.797. The van der Waals surface area contributed by atoms with Crippen molar-refractivity contribution in [3.63, 3.8) is 0 Å². The molecule has 3 rings (SSSR count). The second-order valence-corrected chi connectivity index (χ2v) is 9.86. The number of nitrogens with zero attached hydrogens (tertiary/aromatic N) is 3. The van der Waals surface area contributed by atoms with E-state index in [0.29, 0.717) is 55.8 Å². The molecule has 2 fully saturated rings. The minimum Gasteiger partial charge on any atom is -0.391 e. The minimum atomic E-state index is -0.338. The van der Waals surface area contributed by atoms with Gasteiger partial charge in [-0.1, -0.05) is 29.3 Å². The Hall–Kier alpha value is -1.64. The highest BCUT2D eigenvalue weighted by Crippen LogP contribution is 2.23. The van der Waals surface area contributed by atoms with Crippen LogP contribution in [-0.2, 0) is 14.3 Å². The zero-order valence-corrected chi connectivity index (χ0v) is 21.3. The number of piperidine rings is 1. The van der Waals surface area contributed by atoms with Gasteiger partial charge in [0.2, 0.25) is 11.8 Å². The van der Waals surface area contributed by atoms with Crippen LogP contribution in [-0.4, -0.2) is 97.3 Å². The summed E-state index contributed by atoms with van der Waals surface area (Å²) in [7, 11) is 1.67. The number of aliphatic hydroxyl groups excluding tert-OH is 1. The molecule has 2 heterocycles. The lowest BCUT2D eigenvalue weighted by atomic mass is 9.94. The van der Waals surface area contributed by atoms with Gasteiger partial charge in [0.05, 0.1) is 22.8 Å². The summed E-state index contributed by atoms with van der Waals surface area (Å²) < 4.78 is 5.18. The van der Waals surface area contributed by atoms with Crippen molar-refractivity contribution in [2.24, 2.45) is 5.92 Å². The first-order chi connectivity index (χ1) is 16.4. The van der Waals surface area contributed by atoms with Crippen molar-refractivity contribution in [2.45, 2.75) is 31.8 Å². The second kappa shape index (κ2) is 13.4. The molecule has 34 heavy (non-hydrogen) atoms. The van der Waals surface area contributed by atoms with E-state index >= 15 is 0 Å². The van der Waals surface area contributed by atoms with Crippen molar-refractivity contribution < 1.29 is 19.4 Å². The fourth-order valence-electron chi connectivity index (χ4n) is 4.51. The molecule has 0 spiro atoms. The topological polar surface area (TPSA) is 73.3 Å². The third-order valence-corrected chi connectivity index (χ3v) is 7.34. The Morgan fingerprint density at radius 3 is 2.68 bits per heavy atom. The third-order valence-electron chi connectivity index (χ3n) is 6.60. The largest absolute Gasteiger partial charge is 0.391 e. The summed E-state index contributed by atoms with van der Waals surface area (Å²) >= 11 is 12.0. The Morgan fingerprint density at radius 1 is 1.15 bits per heavy atom. The van der Waals surface area contributed by atoms with Gasteiger partial charge in [-0.2, -0.15) is 0 Å². The van der Waals surface area contributed by atoms with Gasteiger partial charge in [0.25, 0.3) is 0 Å². The van der Waals surface area contributed by atoms with Crippen LogP contribution in [0.1, 0.15) is 31.2 Å². The van der Waals surface area contributed by atoms with E-state index in [0.717, 1.165) is 37.9 Å². The standard InChI is InChI=1S/C25H35Cl2N3O4/c1-34-18-20-8-12-28(17-23(20)31)10-2-3-11-29-14-15-30(13-9-25(29)33)24(32)7-5-19-4-6-21(26)22(27)16-19/h4-7,16,20,23,31H,2-3,8-15,17-18H2,1H3/b7-5+/t20-,23-/m1/s1. The quantitative estimate of drug-likeness (QED) is 0.407. The summed E-state index contributed by atoms with van der Waals surface area (Å²) in [5, 5.41) is 11.2. The monoisotopic (exact) mass is 511 g/mol. The molecule has 1 aromatic carbocycles. The molecule has 0 bridgehead atoms. The van der Waals surface area contributed by atoms with Crippen molar-refractivity contribution >= 4 is 41.1 Å². The molecule has 1 N–H and O–H groups in total. The van der Waals surface area contributed by atoms with E-state index in [4.69, 9.17) is 27.9 Å². The molecule has 0 aromatic heterocycles. The maximum Gasteiger partial charge on any atom is 0.246 e. The number of rotatable bonds is 9.